The summed E-state index contributed by atoms with van der Waals surface area (Å²) in [4.78, 5) is 24.3. The standard InChI is InChI=1S/C25H22BrNO5/c1-31-23-11-10-16(26)12-15(23)13-22(24(28)29)27-25(30)32-14-21-19-8-4-2-6-17(19)18-7-3-5-9-20(18)21/h2-12,21-22H,13-14H2,1H3,(H,27,30)(H,28,29)/t22-/m1/s1. The van der Waals surface area contributed by atoms with Crippen LogP contribution in [0.4, 0.5) is 4.79 Å². The molecule has 3 aromatic rings. The fourth-order valence-electron chi connectivity index (χ4n) is 4.11. The lowest BCUT2D eigenvalue weighted by atomic mass is 9.98. The maximum absolute atomic E-state index is 12.5. The number of rotatable bonds is 7. The number of carboxylic acids is 1. The second kappa shape index (κ2) is 9.44. The zero-order chi connectivity index (χ0) is 22.7. The van der Waals surface area contributed by atoms with Crippen LogP contribution in [-0.4, -0.2) is 36.9 Å². The van der Waals surface area contributed by atoms with E-state index in [-0.39, 0.29) is 18.9 Å². The first-order chi connectivity index (χ1) is 15.5. The van der Waals surface area contributed by atoms with Crippen molar-refractivity contribution >= 4 is 28.0 Å². The predicted molar refractivity (Wildman–Crippen MR) is 124 cm³/mol. The highest BCUT2D eigenvalue weighted by molar-refractivity contribution is 9.10. The topological polar surface area (TPSA) is 84.9 Å². The van der Waals surface area contributed by atoms with Crippen LogP contribution >= 0.6 is 15.9 Å². The molecule has 1 aliphatic rings. The minimum atomic E-state index is -1.16. The van der Waals surface area contributed by atoms with Crippen molar-refractivity contribution in [3.8, 4) is 16.9 Å². The van der Waals surface area contributed by atoms with Gasteiger partial charge >= 0.3 is 12.1 Å². The molecule has 0 bridgehead atoms. The molecule has 0 spiro atoms. The lowest BCUT2D eigenvalue weighted by molar-refractivity contribution is -0.139. The van der Waals surface area contributed by atoms with Gasteiger partial charge in [0.2, 0.25) is 0 Å². The molecule has 0 unspecified atom stereocenters. The summed E-state index contributed by atoms with van der Waals surface area (Å²) in [5.74, 6) is -0.698. The van der Waals surface area contributed by atoms with Crippen LogP contribution in [-0.2, 0) is 16.0 Å². The van der Waals surface area contributed by atoms with E-state index < -0.39 is 18.1 Å². The number of hydrogen-bond acceptors (Lipinski definition) is 4. The van der Waals surface area contributed by atoms with Gasteiger partial charge in [0.05, 0.1) is 7.11 Å². The molecule has 164 valence electrons. The van der Waals surface area contributed by atoms with E-state index in [0.717, 1.165) is 26.7 Å². The molecule has 0 saturated heterocycles. The molecule has 1 atom stereocenters. The van der Waals surface area contributed by atoms with Gasteiger partial charge in [-0.25, -0.2) is 9.59 Å². The second-order valence-electron chi connectivity index (χ2n) is 7.52. The van der Waals surface area contributed by atoms with Gasteiger partial charge in [-0.3, -0.25) is 0 Å². The first-order valence-corrected chi connectivity index (χ1v) is 10.9. The number of ether oxygens (including phenoxy) is 2. The molecule has 32 heavy (non-hydrogen) atoms. The molecular weight excluding hydrogens is 474 g/mol. The zero-order valence-electron chi connectivity index (χ0n) is 17.4. The molecule has 1 amide bonds. The fraction of sp³-hybridized carbons (Fsp3) is 0.200. The zero-order valence-corrected chi connectivity index (χ0v) is 19.0. The number of nitrogens with one attached hydrogen (secondary N) is 1. The van der Waals surface area contributed by atoms with Gasteiger partial charge in [-0.2, -0.15) is 0 Å². The Morgan fingerprint density at radius 2 is 1.66 bits per heavy atom. The van der Waals surface area contributed by atoms with E-state index in [1.165, 1.54) is 7.11 Å². The van der Waals surface area contributed by atoms with Crippen molar-refractivity contribution in [3.05, 3.63) is 87.9 Å². The summed E-state index contributed by atoms with van der Waals surface area (Å²) < 4.78 is 11.6. The molecule has 0 heterocycles. The number of carbonyl (C=O) groups excluding carboxylic acids is 1. The molecule has 6 nitrogen and oxygen atoms in total. The van der Waals surface area contributed by atoms with Crippen LogP contribution in [0.2, 0.25) is 0 Å². The number of fused-ring (bicyclic) bond motifs is 3. The van der Waals surface area contributed by atoms with Gasteiger partial charge in [0.15, 0.2) is 0 Å². The predicted octanol–water partition coefficient (Wildman–Crippen LogP) is 4.99. The number of aliphatic carboxylic acids is 1. The first kappa shape index (κ1) is 21.9. The highest BCUT2D eigenvalue weighted by Gasteiger charge is 2.30. The number of hydrogen-bond donors (Lipinski definition) is 2. The lowest BCUT2D eigenvalue weighted by Gasteiger charge is -2.18. The summed E-state index contributed by atoms with van der Waals surface area (Å²) in [6.07, 6.45) is -0.712. The molecular formula is C25H22BrNO5. The van der Waals surface area contributed by atoms with Crippen molar-refractivity contribution in [1.29, 1.82) is 0 Å². The Labute approximate surface area is 194 Å². The minimum absolute atomic E-state index is 0.0577. The van der Waals surface area contributed by atoms with Crippen molar-refractivity contribution in [3.63, 3.8) is 0 Å². The summed E-state index contributed by atoms with van der Waals surface area (Å²) in [5, 5.41) is 12.1. The summed E-state index contributed by atoms with van der Waals surface area (Å²) in [5.41, 5.74) is 5.10. The SMILES string of the molecule is COc1ccc(Br)cc1C[C@@H](NC(=O)OCC1c2ccccc2-c2ccccc21)C(=O)O. The monoisotopic (exact) mass is 495 g/mol. The average Bonchev–Trinajstić information content (AvgIpc) is 3.11. The Kier molecular flexibility index (Phi) is 6.46. The van der Waals surface area contributed by atoms with Gasteiger partial charge < -0.3 is 19.9 Å². The van der Waals surface area contributed by atoms with E-state index in [4.69, 9.17) is 9.47 Å². The number of carboxylic acid groups (broad SMARTS) is 1. The van der Waals surface area contributed by atoms with E-state index in [0.29, 0.717) is 11.3 Å². The van der Waals surface area contributed by atoms with Gasteiger partial charge in [-0.1, -0.05) is 64.5 Å². The van der Waals surface area contributed by atoms with Crippen LogP contribution in [0.5, 0.6) is 5.75 Å². The third-order valence-electron chi connectivity index (χ3n) is 5.60. The maximum Gasteiger partial charge on any atom is 0.407 e. The minimum Gasteiger partial charge on any atom is -0.496 e. The highest BCUT2D eigenvalue weighted by Crippen LogP contribution is 2.44. The van der Waals surface area contributed by atoms with Gasteiger partial charge in [-0.05, 0) is 46.0 Å². The Morgan fingerprint density at radius 3 is 2.25 bits per heavy atom. The molecule has 1 aliphatic carbocycles. The first-order valence-electron chi connectivity index (χ1n) is 10.1. The fourth-order valence-corrected chi connectivity index (χ4v) is 4.52. The van der Waals surface area contributed by atoms with Crippen LogP contribution in [0.1, 0.15) is 22.6 Å². The Bertz CT molecular complexity index is 1120. The van der Waals surface area contributed by atoms with Crippen molar-refractivity contribution in [1.82, 2.24) is 5.32 Å². The van der Waals surface area contributed by atoms with E-state index in [9.17, 15) is 14.7 Å². The molecule has 2 N–H and O–H groups in total. The van der Waals surface area contributed by atoms with Gasteiger partial charge in [0, 0.05) is 16.8 Å². The Morgan fingerprint density at radius 1 is 1.03 bits per heavy atom. The van der Waals surface area contributed by atoms with E-state index >= 15 is 0 Å². The Balaban J connectivity index is 1.45. The molecule has 0 saturated carbocycles. The molecule has 0 aliphatic heterocycles. The quantitative estimate of drug-likeness (QED) is 0.482. The van der Waals surface area contributed by atoms with Gasteiger partial charge in [0.1, 0.15) is 18.4 Å². The van der Waals surface area contributed by atoms with Crippen molar-refractivity contribution < 1.29 is 24.2 Å². The third-order valence-corrected chi connectivity index (χ3v) is 6.09. The summed E-state index contributed by atoms with van der Waals surface area (Å²) in [6, 6.07) is 20.2. The highest BCUT2D eigenvalue weighted by atomic mass is 79.9. The molecule has 4 rings (SSSR count). The van der Waals surface area contributed by atoms with Crippen LogP contribution in [0.3, 0.4) is 0 Å². The molecule has 0 aromatic heterocycles. The largest absolute Gasteiger partial charge is 0.496 e. The van der Waals surface area contributed by atoms with Crippen LogP contribution in [0.25, 0.3) is 11.1 Å². The van der Waals surface area contributed by atoms with Gasteiger partial charge in [-0.15, -0.1) is 0 Å². The molecule has 3 aromatic carbocycles. The smallest absolute Gasteiger partial charge is 0.407 e. The normalized spacial score (nSPS) is 13.1. The average molecular weight is 496 g/mol. The van der Waals surface area contributed by atoms with Crippen LogP contribution in [0, 0.1) is 0 Å². The maximum atomic E-state index is 12.5. The van der Waals surface area contributed by atoms with Gasteiger partial charge in [0.25, 0.3) is 0 Å². The van der Waals surface area contributed by atoms with E-state index in [1.54, 1.807) is 18.2 Å². The number of carbonyl (C=O) groups is 2. The van der Waals surface area contributed by atoms with Crippen molar-refractivity contribution in [2.75, 3.05) is 13.7 Å². The molecule has 0 radical (unpaired) electrons. The third kappa shape index (κ3) is 4.48. The number of halogens is 1. The van der Waals surface area contributed by atoms with Crippen molar-refractivity contribution in [2.45, 2.75) is 18.4 Å². The van der Waals surface area contributed by atoms with E-state index in [1.807, 2.05) is 36.4 Å². The summed E-state index contributed by atoms with van der Waals surface area (Å²) >= 11 is 3.38. The number of benzene rings is 3. The number of alkyl carbamates (subject to hydrolysis) is 1. The molecule has 0 fully saturated rings. The van der Waals surface area contributed by atoms with Crippen molar-refractivity contribution in [2.24, 2.45) is 0 Å². The summed E-state index contributed by atoms with van der Waals surface area (Å²) in [6.45, 7) is 0.117. The lowest BCUT2D eigenvalue weighted by Crippen LogP contribution is -2.43. The summed E-state index contributed by atoms with van der Waals surface area (Å²) in [7, 11) is 1.52. The second-order valence-corrected chi connectivity index (χ2v) is 8.44. The number of amides is 1. The molecule has 7 heteroatoms. The van der Waals surface area contributed by atoms with E-state index in [2.05, 4.69) is 33.4 Å². The number of methoxy groups -OCH3 is 1. The van der Waals surface area contributed by atoms with Crippen LogP contribution in [0.15, 0.2) is 71.2 Å². The van der Waals surface area contributed by atoms with Crippen LogP contribution < -0.4 is 10.1 Å². The Hall–Kier alpha value is -3.32.